The van der Waals surface area contributed by atoms with Gasteiger partial charge in [-0.25, -0.2) is 0 Å². The molecule has 0 aliphatic carbocycles. The minimum Gasteiger partial charge on any atom is -0.494 e. The van der Waals surface area contributed by atoms with Crippen molar-refractivity contribution in [3.63, 3.8) is 0 Å². The standard InChI is InChI=1S/C26H23BrN4OS/c1-2-32-21-14-12-19(13-15-21)30-17-5-7-23(30)25-24(22-6-3-4-16-28-22)29-26(33)31(25)20-10-8-18(27)9-11-20/h3-17,24-25H,2H2,1H3,(H,29,33)/t24-,25+/m1/s1. The summed E-state index contributed by atoms with van der Waals surface area (Å²) in [5.41, 5.74) is 4.15. The largest absolute Gasteiger partial charge is 0.494 e. The van der Waals surface area contributed by atoms with Gasteiger partial charge in [-0.2, -0.15) is 0 Å². The molecule has 5 rings (SSSR count). The molecular formula is C26H23BrN4OS. The van der Waals surface area contributed by atoms with E-state index in [4.69, 9.17) is 17.0 Å². The normalized spacial score (nSPS) is 17.8. The summed E-state index contributed by atoms with van der Waals surface area (Å²) in [5, 5.41) is 4.20. The zero-order chi connectivity index (χ0) is 22.8. The van der Waals surface area contributed by atoms with Crippen LogP contribution >= 0.6 is 28.1 Å². The van der Waals surface area contributed by atoms with Crippen molar-refractivity contribution in [2.24, 2.45) is 0 Å². The van der Waals surface area contributed by atoms with Crippen molar-refractivity contribution >= 4 is 38.9 Å². The van der Waals surface area contributed by atoms with E-state index in [1.165, 1.54) is 0 Å². The summed E-state index contributed by atoms with van der Waals surface area (Å²) in [7, 11) is 0. The predicted octanol–water partition coefficient (Wildman–Crippen LogP) is 6.21. The van der Waals surface area contributed by atoms with Gasteiger partial charge in [0, 0.05) is 33.9 Å². The number of halogens is 1. The summed E-state index contributed by atoms with van der Waals surface area (Å²) in [6.07, 6.45) is 3.91. The first-order valence-corrected chi connectivity index (χ1v) is 12.0. The van der Waals surface area contributed by atoms with Crippen molar-refractivity contribution in [2.45, 2.75) is 19.0 Å². The van der Waals surface area contributed by atoms with Crippen LogP contribution in [0.15, 0.2) is 95.7 Å². The third-order valence-corrected chi connectivity index (χ3v) is 6.56. The fourth-order valence-electron chi connectivity index (χ4n) is 4.28. The molecular weight excluding hydrogens is 496 g/mol. The molecule has 0 bridgehead atoms. The monoisotopic (exact) mass is 518 g/mol. The summed E-state index contributed by atoms with van der Waals surface area (Å²) >= 11 is 9.38. The van der Waals surface area contributed by atoms with E-state index in [9.17, 15) is 0 Å². The number of rotatable bonds is 6. The number of anilines is 1. The maximum atomic E-state index is 5.84. The summed E-state index contributed by atoms with van der Waals surface area (Å²) in [4.78, 5) is 6.83. The predicted molar refractivity (Wildman–Crippen MR) is 139 cm³/mol. The number of aromatic nitrogens is 2. The maximum absolute atomic E-state index is 5.84. The Kier molecular flexibility index (Phi) is 6.15. The van der Waals surface area contributed by atoms with Gasteiger partial charge in [0.15, 0.2) is 5.11 Å². The molecule has 2 aromatic carbocycles. The summed E-state index contributed by atoms with van der Waals surface area (Å²) in [5.74, 6) is 0.863. The number of ether oxygens (including phenoxy) is 1. The number of nitrogens with one attached hydrogen (secondary N) is 1. The van der Waals surface area contributed by atoms with Gasteiger partial charge in [-0.05, 0) is 91.9 Å². The van der Waals surface area contributed by atoms with E-state index >= 15 is 0 Å². The lowest BCUT2D eigenvalue weighted by atomic mass is 10.0. The molecule has 33 heavy (non-hydrogen) atoms. The van der Waals surface area contributed by atoms with E-state index < -0.39 is 0 Å². The quantitative estimate of drug-likeness (QED) is 0.307. The van der Waals surface area contributed by atoms with Crippen LogP contribution < -0.4 is 15.0 Å². The van der Waals surface area contributed by atoms with Gasteiger partial charge < -0.3 is 19.5 Å². The third-order valence-electron chi connectivity index (χ3n) is 5.71. The smallest absolute Gasteiger partial charge is 0.174 e. The van der Waals surface area contributed by atoms with Gasteiger partial charge in [-0.15, -0.1) is 0 Å². The third kappa shape index (κ3) is 4.26. The van der Waals surface area contributed by atoms with Crippen LogP contribution in [0.25, 0.3) is 5.69 Å². The number of pyridine rings is 1. The molecule has 2 atom stereocenters. The molecule has 3 heterocycles. The van der Waals surface area contributed by atoms with Crippen LogP contribution in [-0.4, -0.2) is 21.3 Å². The Morgan fingerprint density at radius 2 is 1.73 bits per heavy atom. The Balaban J connectivity index is 1.61. The van der Waals surface area contributed by atoms with Crippen molar-refractivity contribution < 1.29 is 4.74 Å². The van der Waals surface area contributed by atoms with Crippen LogP contribution in [0.1, 0.15) is 30.4 Å². The van der Waals surface area contributed by atoms with Crippen molar-refractivity contribution in [1.29, 1.82) is 0 Å². The maximum Gasteiger partial charge on any atom is 0.174 e. The highest BCUT2D eigenvalue weighted by molar-refractivity contribution is 9.10. The molecule has 7 heteroatoms. The second kappa shape index (κ2) is 9.37. The number of benzene rings is 2. The number of thiocarbonyl (C=S) groups is 1. The molecule has 1 saturated heterocycles. The highest BCUT2D eigenvalue weighted by atomic mass is 79.9. The molecule has 4 aromatic rings. The lowest BCUT2D eigenvalue weighted by Crippen LogP contribution is -2.30. The van der Waals surface area contributed by atoms with Gasteiger partial charge in [0.1, 0.15) is 11.8 Å². The molecule has 0 spiro atoms. The minimum atomic E-state index is -0.0984. The molecule has 1 aliphatic heterocycles. The van der Waals surface area contributed by atoms with E-state index in [0.717, 1.165) is 33.0 Å². The van der Waals surface area contributed by atoms with Crippen molar-refractivity contribution in [3.8, 4) is 11.4 Å². The van der Waals surface area contributed by atoms with Crippen LogP contribution in [0, 0.1) is 0 Å². The van der Waals surface area contributed by atoms with Gasteiger partial charge in [-0.3, -0.25) is 4.98 Å². The molecule has 1 aliphatic rings. The van der Waals surface area contributed by atoms with Gasteiger partial charge >= 0.3 is 0 Å². The second-order valence-electron chi connectivity index (χ2n) is 7.70. The first kappa shape index (κ1) is 21.7. The fraction of sp³-hybridized carbons (Fsp3) is 0.154. The molecule has 1 fully saturated rings. The highest BCUT2D eigenvalue weighted by Gasteiger charge is 2.42. The summed E-state index contributed by atoms with van der Waals surface area (Å²) in [6.45, 7) is 2.63. The lowest BCUT2D eigenvalue weighted by molar-refractivity contribution is 0.340. The second-order valence-corrected chi connectivity index (χ2v) is 9.01. The van der Waals surface area contributed by atoms with E-state index in [1.54, 1.807) is 0 Å². The van der Waals surface area contributed by atoms with Gasteiger partial charge in [0.25, 0.3) is 0 Å². The van der Waals surface area contributed by atoms with Gasteiger partial charge in [0.2, 0.25) is 0 Å². The lowest BCUT2D eigenvalue weighted by Gasteiger charge is -2.29. The van der Waals surface area contributed by atoms with Gasteiger partial charge in [-0.1, -0.05) is 22.0 Å². The van der Waals surface area contributed by atoms with Crippen LogP contribution in [0.2, 0.25) is 0 Å². The Labute approximate surface area is 207 Å². The SMILES string of the molecule is CCOc1ccc(-n2cccc2[C@H]2[C@@H](c3ccccn3)NC(=S)N2c2ccc(Br)cc2)cc1. The molecule has 2 aromatic heterocycles. The zero-order valence-corrected chi connectivity index (χ0v) is 20.5. The Morgan fingerprint density at radius 3 is 2.42 bits per heavy atom. The average molecular weight is 519 g/mol. The molecule has 0 amide bonds. The molecule has 166 valence electrons. The first-order chi connectivity index (χ1) is 16.2. The van der Waals surface area contributed by atoms with Gasteiger partial charge in [0.05, 0.1) is 18.3 Å². The fourth-order valence-corrected chi connectivity index (χ4v) is 4.89. The van der Waals surface area contributed by atoms with Crippen molar-refractivity contribution in [3.05, 3.63) is 107 Å². The van der Waals surface area contributed by atoms with Crippen LogP contribution in [0.3, 0.4) is 0 Å². The first-order valence-electron chi connectivity index (χ1n) is 10.8. The Hall–Kier alpha value is -3.16. The Morgan fingerprint density at radius 1 is 0.970 bits per heavy atom. The topological polar surface area (TPSA) is 42.3 Å². The summed E-state index contributed by atoms with van der Waals surface area (Å²) in [6, 6.07) is 26.4. The van der Waals surface area contributed by atoms with E-state index in [-0.39, 0.29) is 12.1 Å². The molecule has 0 radical (unpaired) electrons. The average Bonchev–Trinajstić information content (AvgIpc) is 3.45. The van der Waals surface area contributed by atoms with Crippen molar-refractivity contribution in [1.82, 2.24) is 14.9 Å². The molecule has 0 saturated carbocycles. The van der Waals surface area contributed by atoms with E-state index in [0.29, 0.717) is 11.7 Å². The van der Waals surface area contributed by atoms with Crippen LogP contribution in [-0.2, 0) is 0 Å². The number of nitrogens with zero attached hydrogens (tertiary/aromatic N) is 3. The molecule has 5 nitrogen and oxygen atoms in total. The number of hydrogen-bond donors (Lipinski definition) is 1. The Bertz CT molecular complexity index is 1240. The van der Waals surface area contributed by atoms with E-state index in [1.807, 2.05) is 55.6 Å². The molecule has 0 unspecified atom stereocenters. The van der Waals surface area contributed by atoms with E-state index in [2.05, 4.69) is 78.3 Å². The zero-order valence-electron chi connectivity index (χ0n) is 18.1. The van der Waals surface area contributed by atoms with Crippen molar-refractivity contribution in [2.75, 3.05) is 11.5 Å². The molecule has 1 N–H and O–H groups in total. The number of hydrogen-bond acceptors (Lipinski definition) is 3. The highest BCUT2D eigenvalue weighted by Crippen LogP contribution is 2.42. The minimum absolute atomic E-state index is 0.0878. The van der Waals surface area contributed by atoms with Crippen LogP contribution in [0.4, 0.5) is 5.69 Å². The summed E-state index contributed by atoms with van der Waals surface area (Å²) < 4.78 is 8.86. The van der Waals surface area contributed by atoms with Crippen LogP contribution in [0.5, 0.6) is 5.75 Å².